The van der Waals surface area contributed by atoms with Crippen LogP contribution in [0.25, 0.3) is 0 Å². The fraction of sp³-hybridized carbons (Fsp3) is 0.600. The van der Waals surface area contributed by atoms with Crippen molar-refractivity contribution in [3.63, 3.8) is 0 Å². The summed E-state index contributed by atoms with van der Waals surface area (Å²) >= 11 is 0. The first-order valence-electron chi connectivity index (χ1n) is 9.94. The molecule has 4 rings (SSSR count). The summed E-state index contributed by atoms with van der Waals surface area (Å²) in [5.74, 6) is -0.194. The normalized spacial score (nSPS) is 30.4. The number of carbonyl (C=O) groups is 2. The zero-order valence-electron chi connectivity index (χ0n) is 15.4. The summed E-state index contributed by atoms with van der Waals surface area (Å²) in [5, 5.41) is 2.90. The number of rotatable bonds is 5. The lowest BCUT2D eigenvalue weighted by atomic mass is 9.84. The molecule has 0 aromatic heterocycles. The van der Waals surface area contributed by atoms with E-state index < -0.39 is 0 Å². The number of nitrogens with zero attached hydrogens (tertiary/aromatic N) is 1. The molecule has 1 aromatic carbocycles. The van der Waals surface area contributed by atoms with Crippen molar-refractivity contribution < 1.29 is 14.0 Å². The van der Waals surface area contributed by atoms with Crippen molar-refractivity contribution in [1.82, 2.24) is 21.1 Å². The molecule has 0 radical (unpaired) electrons. The maximum atomic E-state index is 13.2. The van der Waals surface area contributed by atoms with Crippen molar-refractivity contribution in [1.29, 1.82) is 0 Å². The van der Waals surface area contributed by atoms with E-state index in [0.29, 0.717) is 31.5 Å². The Labute approximate surface area is 158 Å². The molecule has 2 aliphatic heterocycles. The van der Waals surface area contributed by atoms with Crippen LogP contribution in [0, 0.1) is 17.7 Å². The molecule has 1 aliphatic carbocycles. The predicted molar refractivity (Wildman–Crippen MR) is 98.7 cm³/mol. The Balaban J connectivity index is 1.29. The molecule has 4 atom stereocenters. The van der Waals surface area contributed by atoms with E-state index in [1.165, 1.54) is 25.0 Å². The zero-order valence-corrected chi connectivity index (χ0v) is 15.4. The minimum Gasteiger partial charge on any atom is -0.355 e. The first kappa shape index (κ1) is 18.4. The number of likely N-dealkylation sites (tertiary alicyclic amines) is 1. The van der Waals surface area contributed by atoms with Gasteiger partial charge in [0.25, 0.3) is 0 Å². The van der Waals surface area contributed by atoms with E-state index in [0.717, 1.165) is 18.4 Å². The summed E-state index contributed by atoms with van der Waals surface area (Å²) in [6, 6.07) is 6.82. The molecule has 1 aromatic rings. The van der Waals surface area contributed by atoms with Crippen LogP contribution in [-0.4, -0.2) is 42.0 Å². The van der Waals surface area contributed by atoms with E-state index in [-0.39, 0.29) is 36.1 Å². The minimum absolute atomic E-state index is 0.00658. The summed E-state index contributed by atoms with van der Waals surface area (Å²) in [7, 11) is 0. The van der Waals surface area contributed by atoms with Gasteiger partial charge in [-0.3, -0.25) is 15.0 Å². The molecule has 2 saturated heterocycles. The monoisotopic (exact) mass is 374 g/mol. The molecule has 3 N–H and O–H groups in total. The molecule has 4 unspecified atom stereocenters. The Bertz CT molecular complexity index is 713. The molecular weight excluding hydrogens is 347 g/mol. The maximum absolute atomic E-state index is 13.2. The molecular formula is C20H27FN4O2. The maximum Gasteiger partial charge on any atom is 0.225 e. The number of hydrogen-bond acceptors (Lipinski definition) is 4. The number of amides is 2. The highest BCUT2D eigenvalue weighted by Crippen LogP contribution is 2.34. The largest absolute Gasteiger partial charge is 0.355 e. The van der Waals surface area contributed by atoms with Gasteiger partial charge in [0.15, 0.2) is 0 Å². The topological polar surface area (TPSA) is 73.5 Å². The van der Waals surface area contributed by atoms with Crippen LogP contribution in [0.3, 0.4) is 0 Å². The van der Waals surface area contributed by atoms with Crippen molar-refractivity contribution in [3.8, 4) is 0 Å². The van der Waals surface area contributed by atoms with Crippen LogP contribution in [0.15, 0.2) is 24.3 Å². The second-order valence-corrected chi connectivity index (χ2v) is 7.91. The summed E-state index contributed by atoms with van der Waals surface area (Å²) in [4.78, 5) is 26.9. The highest BCUT2D eigenvalue weighted by molar-refractivity contribution is 5.89. The van der Waals surface area contributed by atoms with Gasteiger partial charge in [0.1, 0.15) is 5.82 Å². The Morgan fingerprint density at radius 3 is 2.96 bits per heavy atom. The van der Waals surface area contributed by atoms with Crippen LogP contribution in [0.2, 0.25) is 0 Å². The molecule has 27 heavy (non-hydrogen) atoms. The first-order chi connectivity index (χ1) is 13.1. The molecule has 3 aliphatic rings. The van der Waals surface area contributed by atoms with Gasteiger partial charge in [0.05, 0.1) is 12.1 Å². The highest BCUT2D eigenvalue weighted by Gasteiger charge is 2.46. The SMILES string of the molecule is O=C(NCCc1cccc(F)c1)C1CC(=O)N(C2NNC3CCCCC32)C1. The average molecular weight is 374 g/mol. The molecule has 0 bridgehead atoms. The van der Waals surface area contributed by atoms with Gasteiger partial charge < -0.3 is 10.2 Å². The van der Waals surface area contributed by atoms with Gasteiger partial charge in [-0.15, -0.1) is 0 Å². The van der Waals surface area contributed by atoms with Crippen LogP contribution in [-0.2, 0) is 16.0 Å². The summed E-state index contributed by atoms with van der Waals surface area (Å²) in [6.07, 6.45) is 5.52. The van der Waals surface area contributed by atoms with Crippen molar-refractivity contribution in [3.05, 3.63) is 35.6 Å². The van der Waals surface area contributed by atoms with Crippen LogP contribution < -0.4 is 16.2 Å². The summed E-state index contributed by atoms with van der Waals surface area (Å²) in [5.41, 5.74) is 7.47. The third-order valence-electron chi connectivity index (χ3n) is 6.11. The van der Waals surface area contributed by atoms with Crippen LogP contribution in [0.5, 0.6) is 0 Å². The summed E-state index contributed by atoms with van der Waals surface area (Å²) < 4.78 is 13.2. The average Bonchev–Trinajstić information content (AvgIpc) is 3.25. The molecule has 1 saturated carbocycles. The van der Waals surface area contributed by atoms with Gasteiger partial charge in [0, 0.05) is 31.5 Å². The third kappa shape index (κ3) is 3.99. The van der Waals surface area contributed by atoms with Gasteiger partial charge in [-0.1, -0.05) is 25.0 Å². The number of nitrogens with one attached hydrogen (secondary N) is 3. The lowest BCUT2D eigenvalue weighted by Gasteiger charge is -2.32. The second kappa shape index (κ2) is 7.94. The number of hydrogen-bond donors (Lipinski definition) is 3. The lowest BCUT2D eigenvalue weighted by molar-refractivity contribution is -0.131. The van der Waals surface area contributed by atoms with Crippen LogP contribution >= 0.6 is 0 Å². The fourth-order valence-corrected chi connectivity index (χ4v) is 4.67. The minimum atomic E-state index is -0.311. The van der Waals surface area contributed by atoms with Crippen molar-refractivity contribution in [2.24, 2.45) is 11.8 Å². The predicted octanol–water partition coefficient (Wildman–Crippen LogP) is 1.33. The Morgan fingerprint density at radius 1 is 1.26 bits per heavy atom. The lowest BCUT2D eigenvalue weighted by Crippen LogP contribution is -2.48. The van der Waals surface area contributed by atoms with E-state index in [1.807, 2.05) is 11.0 Å². The van der Waals surface area contributed by atoms with Crippen molar-refractivity contribution in [2.75, 3.05) is 13.1 Å². The van der Waals surface area contributed by atoms with E-state index in [4.69, 9.17) is 0 Å². The number of benzene rings is 1. The van der Waals surface area contributed by atoms with Gasteiger partial charge in [-0.2, -0.15) is 0 Å². The molecule has 3 fully saturated rings. The van der Waals surface area contributed by atoms with Crippen LogP contribution in [0.4, 0.5) is 4.39 Å². The van der Waals surface area contributed by atoms with Gasteiger partial charge in [-0.05, 0) is 37.0 Å². The summed E-state index contributed by atoms with van der Waals surface area (Å²) in [6.45, 7) is 0.911. The van der Waals surface area contributed by atoms with Gasteiger partial charge >= 0.3 is 0 Å². The quantitative estimate of drug-likeness (QED) is 0.727. The molecule has 146 valence electrons. The first-order valence-corrected chi connectivity index (χ1v) is 9.94. The zero-order chi connectivity index (χ0) is 18.8. The standard InChI is InChI=1S/C20H27FN4O2/c21-15-5-3-4-13(10-15)8-9-22-20(27)14-11-18(26)25(12-14)19-16-6-1-2-7-17(16)23-24-19/h3-5,10,14,16-17,19,23-24H,1-2,6-9,11-12H2,(H,22,27). The van der Waals surface area contributed by atoms with Gasteiger partial charge in [-0.25, -0.2) is 9.82 Å². The molecule has 2 heterocycles. The van der Waals surface area contributed by atoms with Gasteiger partial charge in [0.2, 0.25) is 11.8 Å². The fourth-order valence-electron chi connectivity index (χ4n) is 4.67. The second-order valence-electron chi connectivity index (χ2n) is 7.91. The number of hydrazine groups is 1. The Morgan fingerprint density at radius 2 is 2.11 bits per heavy atom. The molecule has 2 amide bonds. The van der Waals surface area contributed by atoms with E-state index in [2.05, 4.69) is 16.2 Å². The molecule has 7 heteroatoms. The number of fused-ring (bicyclic) bond motifs is 1. The highest BCUT2D eigenvalue weighted by atomic mass is 19.1. The number of carbonyl (C=O) groups excluding carboxylic acids is 2. The smallest absolute Gasteiger partial charge is 0.225 e. The van der Waals surface area contributed by atoms with Crippen molar-refractivity contribution in [2.45, 2.75) is 50.7 Å². The van der Waals surface area contributed by atoms with Crippen molar-refractivity contribution >= 4 is 11.8 Å². The Hall–Kier alpha value is -1.99. The Kier molecular flexibility index (Phi) is 5.41. The molecule has 6 nitrogen and oxygen atoms in total. The third-order valence-corrected chi connectivity index (χ3v) is 6.11. The van der Waals surface area contributed by atoms with E-state index >= 15 is 0 Å². The van der Waals surface area contributed by atoms with E-state index in [1.54, 1.807) is 6.07 Å². The van der Waals surface area contributed by atoms with E-state index in [9.17, 15) is 14.0 Å². The van der Waals surface area contributed by atoms with Crippen LogP contribution in [0.1, 0.15) is 37.7 Å². The number of halogens is 1. The molecule has 0 spiro atoms.